The van der Waals surface area contributed by atoms with Gasteiger partial charge >= 0.3 is 5.97 Å². The molecule has 0 spiro atoms. The number of nitrogens with zero attached hydrogens (tertiary/aromatic N) is 1. The molecule has 1 aromatic carbocycles. The zero-order valence-corrected chi connectivity index (χ0v) is 14.4. The van der Waals surface area contributed by atoms with Crippen molar-refractivity contribution in [1.29, 1.82) is 0 Å². The van der Waals surface area contributed by atoms with Crippen LogP contribution in [0, 0.1) is 6.92 Å². The first kappa shape index (κ1) is 15.6. The fraction of sp³-hybridized carbons (Fsp3) is 0.238. The lowest BCUT2D eigenvalue weighted by molar-refractivity contribution is -0.137. The van der Waals surface area contributed by atoms with Gasteiger partial charge in [0, 0.05) is 23.5 Å². The Morgan fingerprint density at radius 1 is 1.28 bits per heavy atom. The summed E-state index contributed by atoms with van der Waals surface area (Å²) in [5.41, 5.74) is 7.72. The Morgan fingerprint density at radius 3 is 2.92 bits per heavy atom. The van der Waals surface area contributed by atoms with E-state index in [1.54, 1.807) is 0 Å². The quantitative estimate of drug-likeness (QED) is 0.859. The summed E-state index contributed by atoms with van der Waals surface area (Å²) >= 11 is 0. The van der Waals surface area contributed by atoms with Crippen molar-refractivity contribution in [2.75, 3.05) is 6.61 Å². The molecule has 3 aliphatic rings. The molecule has 1 N–H and O–H groups in total. The van der Waals surface area contributed by atoms with Gasteiger partial charge in [0.2, 0.25) is 0 Å². The SMILES string of the molecule is CCOC(=O)C1=C2CCC3=CNC=CC3=C2N=C1c1ccccc1C. The van der Waals surface area contributed by atoms with Crippen LogP contribution in [0.3, 0.4) is 0 Å². The maximum Gasteiger partial charge on any atom is 0.340 e. The molecule has 1 aromatic rings. The molecule has 0 saturated heterocycles. The van der Waals surface area contributed by atoms with Crippen LogP contribution in [-0.2, 0) is 9.53 Å². The molecule has 0 amide bonds. The highest BCUT2D eigenvalue weighted by atomic mass is 16.5. The minimum absolute atomic E-state index is 0.277. The fourth-order valence-electron chi connectivity index (χ4n) is 3.58. The first-order chi connectivity index (χ1) is 12.2. The molecule has 0 aromatic heterocycles. The number of fused-ring (bicyclic) bond motifs is 2. The molecule has 0 radical (unpaired) electrons. The number of hydrogen-bond acceptors (Lipinski definition) is 4. The number of nitrogens with one attached hydrogen (secondary N) is 1. The molecule has 0 atom stereocenters. The van der Waals surface area contributed by atoms with Gasteiger partial charge in [0.05, 0.1) is 23.6 Å². The normalized spacial score (nSPS) is 18.3. The highest BCUT2D eigenvalue weighted by molar-refractivity contribution is 6.30. The molecular formula is C21H20N2O2. The van der Waals surface area contributed by atoms with Gasteiger partial charge in [-0.05, 0) is 49.5 Å². The largest absolute Gasteiger partial charge is 0.462 e. The summed E-state index contributed by atoms with van der Waals surface area (Å²) in [6.07, 6.45) is 7.65. The van der Waals surface area contributed by atoms with Gasteiger partial charge in [-0.3, -0.25) is 0 Å². The van der Waals surface area contributed by atoms with E-state index in [1.807, 2.05) is 56.6 Å². The molecule has 0 fully saturated rings. The van der Waals surface area contributed by atoms with E-state index in [-0.39, 0.29) is 5.97 Å². The van der Waals surface area contributed by atoms with Gasteiger partial charge in [-0.2, -0.15) is 0 Å². The first-order valence-corrected chi connectivity index (χ1v) is 8.62. The summed E-state index contributed by atoms with van der Waals surface area (Å²) in [5, 5.41) is 3.14. The molecule has 2 heterocycles. The van der Waals surface area contributed by atoms with Gasteiger partial charge in [0.1, 0.15) is 0 Å². The van der Waals surface area contributed by atoms with Gasteiger partial charge in [-0.25, -0.2) is 9.79 Å². The van der Waals surface area contributed by atoms with Crippen molar-refractivity contribution < 1.29 is 9.53 Å². The van der Waals surface area contributed by atoms with Crippen molar-refractivity contribution in [2.45, 2.75) is 26.7 Å². The number of carbonyl (C=O) groups excluding carboxylic acids is 1. The van der Waals surface area contributed by atoms with Gasteiger partial charge in [0.25, 0.3) is 0 Å². The monoisotopic (exact) mass is 332 g/mol. The second kappa shape index (κ2) is 6.20. The number of hydrogen-bond donors (Lipinski definition) is 1. The van der Waals surface area contributed by atoms with E-state index in [0.29, 0.717) is 12.2 Å². The van der Waals surface area contributed by atoms with Gasteiger partial charge in [-0.1, -0.05) is 24.3 Å². The number of carbonyl (C=O) groups is 1. The smallest absolute Gasteiger partial charge is 0.340 e. The predicted molar refractivity (Wildman–Crippen MR) is 98.0 cm³/mol. The first-order valence-electron chi connectivity index (χ1n) is 8.62. The number of allylic oxidation sites excluding steroid dienone is 4. The summed E-state index contributed by atoms with van der Waals surface area (Å²) in [6, 6.07) is 8.04. The van der Waals surface area contributed by atoms with Gasteiger partial charge in [0.15, 0.2) is 0 Å². The molecule has 126 valence electrons. The van der Waals surface area contributed by atoms with Crippen LogP contribution < -0.4 is 5.32 Å². The molecule has 1 aliphatic carbocycles. The minimum atomic E-state index is -0.277. The molecule has 4 nitrogen and oxygen atoms in total. The van der Waals surface area contributed by atoms with E-state index in [0.717, 1.165) is 46.5 Å². The summed E-state index contributed by atoms with van der Waals surface area (Å²) in [5.74, 6) is -0.277. The van der Waals surface area contributed by atoms with Crippen molar-refractivity contribution in [3.8, 4) is 0 Å². The molecule has 0 saturated carbocycles. The van der Waals surface area contributed by atoms with Crippen molar-refractivity contribution in [2.24, 2.45) is 4.99 Å². The standard InChI is InChI=1S/C21H20N2O2/c1-3-25-21(24)18-17-9-8-14-12-22-11-10-16(14)19(17)23-20(18)15-7-5-4-6-13(15)2/h4-7,10-12,22H,3,8-9H2,1-2H3. The van der Waals surface area contributed by atoms with Crippen LogP contribution in [0.2, 0.25) is 0 Å². The highest BCUT2D eigenvalue weighted by Crippen LogP contribution is 2.42. The van der Waals surface area contributed by atoms with Crippen molar-refractivity contribution in [3.05, 3.63) is 81.9 Å². The molecule has 0 bridgehead atoms. The van der Waals surface area contributed by atoms with E-state index in [1.165, 1.54) is 5.57 Å². The topological polar surface area (TPSA) is 50.7 Å². The summed E-state index contributed by atoms with van der Waals surface area (Å²) in [7, 11) is 0. The number of aliphatic imine (C=N–C) groups is 1. The third-order valence-electron chi connectivity index (χ3n) is 4.78. The van der Waals surface area contributed by atoms with E-state index in [4.69, 9.17) is 9.73 Å². The Hall–Kier alpha value is -2.88. The Balaban J connectivity index is 1.94. The third-order valence-corrected chi connectivity index (χ3v) is 4.78. The van der Waals surface area contributed by atoms with Gasteiger partial charge in [-0.15, -0.1) is 0 Å². The van der Waals surface area contributed by atoms with Crippen LogP contribution in [-0.4, -0.2) is 18.3 Å². The lowest BCUT2D eigenvalue weighted by atomic mass is 9.85. The Bertz CT molecular complexity index is 914. The van der Waals surface area contributed by atoms with E-state index in [9.17, 15) is 4.79 Å². The van der Waals surface area contributed by atoms with E-state index in [2.05, 4.69) is 5.32 Å². The van der Waals surface area contributed by atoms with E-state index < -0.39 is 0 Å². The third kappa shape index (κ3) is 2.54. The van der Waals surface area contributed by atoms with Crippen LogP contribution in [0.15, 0.2) is 75.7 Å². The summed E-state index contributed by atoms with van der Waals surface area (Å²) in [4.78, 5) is 17.6. The Morgan fingerprint density at radius 2 is 2.12 bits per heavy atom. The van der Waals surface area contributed by atoms with Crippen molar-refractivity contribution in [3.63, 3.8) is 0 Å². The zero-order valence-electron chi connectivity index (χ0n) is 14.4. The maximum absolute atomic E-state index is 12.7. The van der Waals surface area contributed by atoms with Gasteiger partial charge < -0.3 is 10.1 Å². The van der Waals surface area contributed by atoms with E-state index >= 15 is 0 Å². The second-order valence-electron chi connectivity index (χ2n) is 6.28. The summed E-state index contributed by atoms with van der Waals surface area (Å²) < 4.78 is 5.36. The lowest BCUT2D eigenvalue weighted by Crippen LogP contribution is -2.18. The number of esters is 1. The van der Waals surface area contributed by atoms with Crippen molar-refractivity contribution in [1.82, 2.24) is 5.32 Å². The molecule has 25 heavy (non-hydrogen) atoms. The van der Waals surface area contributed by atoms with Crippen LogP contribution in [0.4, 0.5) is 0 Å². The molecule has 2 aliphatic heterocycles. The lowest BCUT2D eigenvalue weighted by Gasteiger charge is -2.22. The molecule has 0 unspecified atom stereocenters. The number of dihydropyridines is 1. The highest BCUT2D eigenvalue weighted by Gasteiger charge is 2.35. The van der Waals surface area contributed by atoms with Crippen LogP contribution in [0.5, 0.6) is 0 Å². The zero-order chi connectivity index (χ0) is 17.4. The number of ether oxygens (including phenoxy) is 1. The van der Waals surface area contributed by atoms with Crippen LogP contribution >= 0.6 is 0 Å². The number of rotatable bonds is 3. The average Bonchev–Trinajstić information content (AvgIpc) is 3.02. The number of aryl methyl sites for hydroxylation is 1. The fourth-order valence-corrected chi connectivity index (χ4v) is 3.58. The minimum Gasteiger partial charge on any atom is -0.462 e. The molecule has 4 heteroatoms. The Kier molecular flexibility index (Phi) is 3.88. The molecule has 4 rings (SSSR count). The maximum atomic E-state index is 12.7. The second-order valence-corrected chi connectivity index (χ2v) is 6.28. The van der Waals surface area contributed by atoms with Crippen LogP contribution in [0.1, 0.15) is 30.9 Å². The Labute approximate surface area is 147 Å². The summed E-state index contributed by atoms with van der Waals surface area (Å²) in [6.45, 7) is 4.23. The molecular weight excluding hydrogens is 312 g/mol. The van der Waals surface area contributed by atoms with Crippen LogP contribution in [0.25, 0.3) is 0 Å². The number of benzene rings is 1. The average molecular weight is 332 g/mol. The van der Waals surface area contributed by atoms with Crippen molar-refractivity contribution >= 4 is 11.7 Å². The predicted octanol–water partition coefficient (Wildman–Crippen LogP) is 3.71.